The molecule has 8 heteroatoms. The van der Waals surface area contributed by atoms with E-state index in [1.807, 2.05) is 6.92 Å². The highest BCUT2D eigenvalue weighted by Crippen LogP contribution is 2.38. The van der Waals surface area contributed by atoms with Gasteiger partial charge in [0.1, 0.15) is 11.8 Å². The van der Waals surface area contributed by atoms with Crippen LogP contribution in [0.4, 0.5) is 4.39 Å². The Morgan fingerprint density at radius 2 is 1.93 bits per heavy atom. The molecule has 2 amide bonds. The molecule has 0 fully saturated rings. The summed E-state index contributed by atoms with van der Waals surface area (Å²) in [5, 5.41) is 3.57. The summed E-state index contributed by atoms with van der Waals surface area (Å²) in [6, 6.07) is 0. The molecule has 144 valence electrons. The zero-order chi connectivity index (χ0) is 19.7. The fourth-order valence-corrected chi connectivity index (χ4v) is 3.47. The molecule has 0 aromatic rings. The van der Waals surface area contributed by atoms with Crippen molar-refractivity contribution in [1.29, 1.82) is 0 Å². The van der Waals surface area contributed by atoms with Crippen LogP contribution in [-0.2, 0) is 19.2 Å². The smallest absolute Gasteiger partial charge is 0.261 e. The molecule has 3 aliphatic rings. The third-order valence-electron chi connectivity index (χ3n) is 4.96. The van der Waals surface area contributed by atoms with E-state index < -0.39 is 18.0 Å². The van der Waals surface area contributed by atoms with Crippen LogP contribution in [0.1, 0.15) is 46.0 Å². The predicted molar refractivity (Wildman–Crippen MR) is 97.5 cm³/mol. The first-order chi connectivity index (χ1) is 12.9. The minimum absolute atomic E-state index is 0.0578. The molecule has 0 saturated carbocycles. The Kier molecular flexibility index (Phi) is 5.60. The van der Waals surface area contributed by atoms with Crippen molar-refractivity contribution < 1.29 is 23.6 Å². The van der Waals surface area contributed by atoms with Gasteiger partial charge in [-0.15, -0.1) is 0 Å². The van der Waals surface area contributed by atoms with Crippen molar-refractivity contribution >= 4 is 35.4 Å². The van der Waals surface area contributed by atoms with E-state index in [1.54, 1.807) is 6.92 Å². The monoisotopic (exact) mass is 394 g/mol. The van der Waals surface area contributed by atoms with Gasteiger partial charge in [-0.2, -0.15) is 0 Å². The Bertz CT molecular complexity index is 800. The fraction of sp³-hybridized carbons (Fsp3) is 0.474. The van der Waals surface area contributed by atoms with Gasteiger partial charge in [0.15, 0.2) is 12.5 Å². The van der Waals surface area contributed by atoms with Crippen molar-refractivity contribution in [3.8, 4) is 0 Å². The summed E-state index contributed by atoms with van der Waals surface area (Å²) in [6.45, 7) is 3.62. The maximum absolute atomic E-state index is 15.2. The Balaban J connectivity index is 1.99. The van der Waals surface area contributed by atoms with Crippen LogP contribution in [0.3, 0.4) is 0 Å². The predicted octanol–water partition coefficient (Wildman–Crippen LogP) is 3.32. The quantitative estimate of drug-likeness (QED) is 0.407. The minimum Gasteiger partial charge on any atom is -0.392 e. The van der Waals surface area contributed by atoms with Crippen LogP contribution in [0.25, 0.3) is 0 Å². The van der Waals surface area contributed by atoms with Gasteiger partial charge in [0.2, 0.25) is 0 Å². The standard InChI is InChI=1S/C19H20ClFN2O4/c1-3-10(2)27-22-17-15(20)11(9-24)8-14(16(17)21)23-18(25)12-6-4-5-7-13(12)19(23)26/h8-10,16H,3-7H2,1-2H3. The van der Waals surface area contributed by atoms with E-state index in [-0.39, 0.29) is 28.1 Å². The Labute approximate surface area is 161 Å². The zero-order valence-electron chi connectivity index (χ0n) is 15.1. The van der Waals surface area contributed by atoms with Crippen LogP contribution in [0, 0.1) is 0 Å². The summed E-state index contributed by atoms with van der Waals surface area (Å²) >= 11 is 6.09. The number of carbonyl (C=O) groups is 3. The van der Waals surface area contributed by atoms with E-state index in [2.05, 4.69) is 5.16 Å². The van der Waals surface area contributed by atoms with Gasteiger partial charge in [-0.05, 0) is 45.1 Å². The van der Waals surface area contributed by atoms with Crippen LogP contribution < -0.4 is 0 Å². The van der Waals surface area contributed by atoms with Crippen molar-refractivity contribution in [2.75, 3.05) is 0 Å². The number of hydrogen-bond donors (Lipinski definition) is 0. The average molecular weight is 395 g/mol. The number of oxime groups is 1. The van der Waals surface area contributed by atoms with Gasteiger partial charge < -0.3 is 4.84 Å². The molecule has 2 atom stereocenters. The Morgan fingerprint density at radius 1 is 1.33 bits per heavy atom. The first-order valence-corrected chi connectivity index (χ1v) is 9.34. The number of alkyl halides is 1. The van der Waals surface area contributed by atoms with Crippen LogP contribution in [-0.4, -0.2) is 41.0 Å². The second kappa shape index (κ2) is 7.76. The number of amides is 2. The van der Waals surface area contributed by atoms with Gasteiger partial charge in [0.25, 0.3) is 11.8 Å². The molecule has 0 radical (unpaired) electrons. The molecule has 1 heterocycles. The van der Waals surface area contributed by atoms with Gasteiger partial charge in [-0.25, -0.2) is 9.29 Å². The van der Waals surface area contributed by atoms with Crippen LogP contribution in [0.15, 0.2) is 38.7 Å². The molecular formula is C19H20ClFN2O4. The highest BCUT2D eigenvalue weighted by molar-refractivity contribution is 6.46. The van der Waals surface area contributed by atoms with E-state index in [4.69, 9.17) is 16.4 Å². The maximum Gasteiger partial charge on any atom is 0.261 e. The van der Waals surface area contributed by atoms with E-state index in [0.717, 1.165) is 23.8 Å². The summed E-state index contributed by atoms with van der Waals surface area (Å²) in [6.07, 6.45) is 2.58. The maximum atomic E-state index is 15.2. The van der Waals surface area contributed by atoms with Gasteiger partial charge in [0, 0.05) is 16.7 Å². The molecule has 0 saturated heterocycles. The van der Waals surface area contributed by atoms with Crippen molar-refractivity contribution in [3.05, 3.63) is 33.5 Å². The molecule has 0 bridgehead atoms. The SMILES string of the molecule is CCC(C)ON=C1C(Cl)=C(C=O)C=C(N2C(=O)C3=C(CCCC3)C2=O)C1F. The largest absolute Gasteiger partial charge is 0.392 e. The molecular weight excluding hydrogens is 375 g/mol. The van der Waals surface area contributed by atoms with Gasteiger partial charge >= 0.3 is 0 Å². The van der Waals surface area contributed by atoms with Gasteiger partial charge in [0.05, 0.1) is 10.7 Å². The molecule has 6 nitrogen and oxygen atoms in total. The average Bonchev–Trinajstić information content (AvgIpc) is 2.93. The van der Waals surface area contributed by atoms with E-state index in [1.165, 1.54) is 0 Å². The number of carbonyl (C=O) groups excluding carboxylic acids is 3. The molecule has 0 aromatic carbocycles. The molecule has 0 N–H and O–H groups in total. The van der Waals surface area contributed by atoms with Crippen LogP contribution in [0.2, 0.25) is 0 Å². The molecule has 3 rings (SSSR count). The number of allylic oxidation sites excluding steroid dienone is 4. The lowest BCUT2D eigenvalue weighted by Gasteiger charge is -2.26. The van der Waals surface area contributed by atoms with Gasteiger partial charge in [-0.3, -0.25) is 14.4 Å². The highest BCUT2D eigenvalue weighted by Gasteiger charge is 2.45. The van der Waals surface area contributed by atoms with Crippen LogP contribution in [0.5, 0.6) is 0 Å². The first kappa shape index (κ1) is 19.5. The number of aldehydes is 1. The minimum atomic E-state index is -1.96. The third-order valence-corrected chi connectivity index (χ3v) is 5.37. The fourth-order valence-electron chi connectivity index (χ4n) is 3.24. The summed E-state index contributed by atoms with van der Waals surface area (Å²) in [4.78, 5) is 42.9. The summed E-state index contributed by atoms with van der Waals surface area (Å²) < 4.78 is 15.2. The Hall–Kier alpha value is -2.28. The molecule has 0 spiro atoms. The highest BCUT2D eigenvalue weighted by atomic mass is 35.5. The summed E-state index contributed by atoms with van der Waals surface area (Å²) in [5.41, 5.74) is 0.237. The van der Waals surface area contributed by atoms with Crippen LogP contribution >= 0.6 is 11.6 Å². The molecule has 2 aliphatic carbocycles. The lowest BCUT2D eigenvalue weighted by atomic mass is 9.93. The molecule has 0 aromatic heterocycles. The number of imide groups is 1. The second-order valence-electron chi connectivity index (χ2n) is 6.73. The molecule has 1 aliphatic heterocycles. The second-order valence-corrected chi connectivity index (χ2v) is 7.11. The molecule has 2 unspecified atom stereocenters. The lowest BCUT2D eigenvalue weighted by molar-refractivity contribution is -0.135. The third kappa shape index (κ3) is 3.36. The van der Waals surface area contributed by atoms with Crippen molar-refractivity contribution in [2.24, 2.45) is 5.16 Å². The van der Waals surface area contributed by atoms with Crippen molar-refractivity contribution in [3.63, 3.8) is 0 Å². The van der Waals surface area contributed by atoms with E-state index >= 15 is 4.39 Å². The van der Waals surface area contributed by atoms with E-state index in [9.17, 15) is 14.4 Å². The topological polar surface area (TPSA) is 76.0 Å². The first-order valence-electron chi connectivity index (χ1n) is 8.96. The van der Waals surface area contributed by atoms with Crippen molar-refractivity contribution in [2.45, 2.75) is 58.2 Å². The number of nitrogens with zero attached hydrogens (tertiary/aromatic N) is 2. The summed E-state index contributed by atoms with van der Waals surface area (Å²) in [5.74, 6) is -1.07. The Morgan fingerprint density at radius 3 is 2.44 bits per heavy atom. The normalized spacial score (nSPS) is 25.8. The zero-order valence-corrected chi connectivity index (χ0v) is 15.9. The number of hydrogen-bond acceptors (Lipinski definition) is 5. The molecule has 27 heavy (non-hydrogen) atoms. The number of rotatable bonds is 5. The summed E-state index contributed by atoms with van der Waals surface area (Å²) in [7, 11) is 0. The number of halogens is 2. The lowest BCUT2D eigenvalue weighted by Crippen LogP contribution is -2.39. The van der Waals surface area contributed by atoms with Gasteiger partial charge in [-0.1, -0.05) is 23.7 Å². The van der Waals surface area contributed by atoms with Crippen molar-refractivity contribution in [1.82, 2.24) is 4.90 Å². The van der Waals surface area contributed by atoms with E-state index in [0.29, 0.717) is 36.7 Å².